The zero-order valence-electron chi connectivity index (χ0n) is 8.34. The van der Waals surface area contributed by atoms with Gasteiger partial charge in [0.1, 0.15) is 0 Å². The number of halogens is 2. The lowest BCUT2D eigenvalue weighted by Crippen LogP contribution is -2.07. The Kier molecular flexibility index (Phi) is 3.69. The Labute approximate surface area is 86.6 Å². The van der Waals surface area contributed by atoms with Gasteiger partial charge in [-0.3, -0.25) is 0 Å². The molecule has 1 rings (SSSR count). The molecule has 0 aliphatic rings. The number of hydrogen-bond donors (Lipinski definition) is 0. The van der Waals surface area contributed by atoms with Crippen molar-refractivity contribution in [2.75, 3.05) is 6.54 Å². The van der Waals surface area contributed by atoms with E-state index in [2.05, 4.69) is 4.99 Å². The van der Waals surface area contributed by atoms with Crippen molar-refractivity contribution >= 4 is 6.08 Å². The summed E-state index contributed by atoms with van der Waals surface area (Å²) in [7, 11) is 0. The Morgan fingerprint density at radius 1 is 1.47 bits per heavy atom. The second kappa shape index (κ2) is 4.80. The maximum Gasteiger partial charge on any atom is 0.270 e. The van der Waals surface area contributed by atoms with Gasteiger partial charge in [-0.1, -0.05) is 18.2 Å². The lowest BCUT2D eigenvalue weighted by molar-refractivity contribution is 0.0174. The van der Waals surface area contributed by atoms with Crippen LogP contribution in [0.25, 0.3) is 0 Å². The fourth-order valence-corrected chi connectivity index (χ4v) is 1.23. The van der Waals surface area contributed by atoms with E-state index < -0.39 is 5.92 Å². The van der Waals surface area contributed by atoms with Crippen LogP contribution in [0.5, 0.6) is 0 Å². The van der Waals surface area contributed by atoms with Gasteiger partial charge < -0.3 is 0 Å². The molecule has 2 nitrogen and oxygen atoms in total. The molecule has 0 atom stereocenters. The van der Waals surface area contributed by atoms with Crippen LogP contribution in [0.4, 0.5) is 8.78 Å². The highest BCUT2D eigenvalue weighted by molar-refractivity contribution is 5.33. The molecule has 0 aromatic heterocycles. The van der Waals surface area contributed by atoms with Crippen molar-refractivity contribution in [3.8, 4) is 0 Å². The van der Waals surface area contributed by atoms with Crippen molar-refractivity contribution in [2.45, 2.75) is 19.3 Å². The first kappa shape index (κ1) is 11.5. The average molecular weight is 211 g/mol. The second-order valence-electron chi connectivity index (χ2n) is 3.31. The van der Waals surface area contributed by atoms with Gasteiger partial charge in [-0.05, 0) is 18.1 Å². The monoisotopic (exact) mass is 211 g/mol. The number of nitrogens with zero attached hydrogens (tertiary/aromatic N) is 1. The summed E-state index contributed by atoms with van der Waals surface area (Å²) >= 11 is 0. The molecule has 0 aliphatic heterocycles. The van der Waals surface area contributed by atoms with Crippen LogP contribution < -0.4 is 0 Å². The summed E-state index contributed by atoms with van der Waals surface area (Å²) in [4.78, 5) is 13.2. The van der Waals surface area contributed by atoms with Crippen LogP contribution >= 0.6 is 0 Å². The van der Waals surface area contributed by atoms with E-state index in [1.807, 2.05) is 0 Å². The van der Waals surface area contributed by atoms with Crippen LogP contribution in [0.15, 0.2) is 29.3 Å². The minimum Gasteiger partial charge on any atom is -0.211 e. The number of isocyanates is 1. The van der Waals surface area contributed by atoms with E-state index >= 15 is 0 Å². The molecule has 0 fully saturated rings. The van der Waals surface area contributed by atoms with Crippen molar-refractivity contribution in [3.63, 3.8) is 0 Å². The van der Waals surface area contributed by atoms with Crippen LogP contribution in [-0.2, 0) is 17.1 Å². The smallest absolute Gasteiger partial charge is 0.211 e. The molecular weight excluding hydrogens is 200 g/mol. The SMILES string of the molecule is CC(F)(F)c1cccc(CCN=C=O)c1. The first-order chi connectivity index (χ1) is 7.04. The normalized spacial score (nSPS) is 10.9. The minimum absolute atomic E-state index is 0.0184. The number of rotatable bonds is 4. The Morgan fingerprint density at radius 3 is 2.80 bits per heavy atom. The number of benzene rings is 1. The minimum atomic E-state index is -2.83. The summed E-state index contributed by atoms with van der Waals surface area (Å²) < 4.78 is 25.9. The molecule has 0 saturated heterocycles. The summed E-state index contributed by atoms with van der Waals surface area (Å²) in [5.74, 6) is -2.83. The molecule has 0 aliphatic carbocycles. The molecule has 1 aromatic carbocycles. The van der Waals surface area contributed by atoms with Gasteiger partial charge in [0, 0.05) is 12.5 Å². The maximum absolute atomic E-state index is 12.9. The maximum atomic E-state index is 12.9. The average Bonchev–Trinajstić information content (AvgIpc) is 2.17. The molecule has 1 aromatic rings. The molecule has 15 heavy (non-hydrogen) atoms. The molecule has 0 unspecified atom stereocenters. The zero-order chi connectivity index (χ0) is 11.3. The van der Waals surface area contributed by atoms with Crippen LogP contribution in [-0.4, -0.2) is 12.6 Å². The van der Waals surface area contributed by atoms with E-state index in [4.69, 9.17) is 0 Å². The predicted molar refractivity (Wildman–Crippen MR) is 52.7 cm³/mol. The topological polar surface area (TPSA) is 29.4 Å². The van der Waals surface area contributed by atoms with Gasteiger partial charge in [0.15, 0.2) is 0 Å². The van der Waals surface area contributed by atoms with Gasteiger partial charge in [-0.2, -0.15) is 0 Å². The molecule has 0 spiro atoms. The molecule has 0 bridgehead atoms. The van der Waals surface area contributed by atoms with Crippen molar-refractivity contribution in [2.24, 2.45) is 4.99 Å². The highest BCUT2D eigenvalue weighted by Gasteiger charge is 2.23. The number of alkyl halides is 2. The number of hydrogen-bond acceptors (Lipinski definition) is 2. The van der Waals surface area contributed by atoms with Gasteiger partial charge in [-0.15, -0.1) is 0 Å². The van der Waals surface area contributed by atoms with Crippen LogP contribution in [0.1, 0.15) is 18.1 Å². The van der Waals surface area contributed by atoms with E-state index in [0.29, 0.717) is 6.42 Å². The van der Waals surface area contributed by atoms with E-state index in [9.17, 15) is 13.6 Å². The molecular formula is C11H11F2NO. The molecule has 80 valence electrons. The number of carbonyl (C=O) groups excluding carboxylic acids is 1. The summed E-state index contributed by atoms with van der Waals surface area (Å²) in [5, 5.41) is 0. The molecule has 4 heteroatoms. The van der Waals surface area contributed by atoms with Gasteiger partial charge >= 0.3 is 0 Å². The van der Waals surface area contributed by atoms with Crippen LogP contribution in [0.3, 0.4) is 0 Å². The largest absolute Gasteiger partial charge is 0.270 e. The Morgan fingerprint density at radius 2 is 2.20 bits per heavy atom. The third-order valence-electron chi connectivity index (χ3n) is 2.01. The lowest BCUT2D eigenvalue weighted by atomic mass is 10.0. The van der Waals surface area contributed by atoms with Crippen molar-refractivity contribution in [1.82, 2.24) is 0 Å². The van der Waals surface area contributed by atoms with E-state index in [-0.39, 0.29) is 12.1 Å². The standard InChI is InChI=1S/C11H11F2NO/c1-11(12,13)10-4-2-3-9(7-10)5-6-14-8-15/h2-4,7H,5-6H2,1H3. The first-order valence-electron chi connectivity index (χ1n) is 4.55. The quantitative estimate of drug-likeness (QED) is 0.556. The molecule has 0 amide bonds. The highest BCUT2D eigenvalue weighted by atomic mass is 19.3. The fourth-order valence-electron chi connectivity index (χ4n) is 1.23. The van der Waals surface area contributed by atoms with Gasteiger partial charge in [-0.25, -0.2) is 18.6 Å². The third-order valence-corrected chi connectivity index (χ3v) is 2.01. The highest BCUT2D eigenvalue weighted by Crippen LogP contribution is 2.27. The first-order valence-corrected chi connectivity index (χ1v) is 4.55. The lowest BCUT2D eigenvalue weighted by Gasteiger charge is -2.11. The summed E-state index contributed by atoms with van der Waals surface area (Å²) in [5.41, 5.74) is 0.725. The summed E-state index contributed by atoms with van der Waals surface area (Å²) in [6.45, 7) is 1.14. The van der Waals surface area contributed by atoms with Crippen LogP contribution in [0, 0.1) is 0 Å². The zero-order valence-corrected chi connectivity index (χ0v) is 8.34. The Hall–Kier alpha value is -1.54. The third kappa shape index (κ3) is 3.60. The summed E-state index contributed by atoms with van der Waals surface area (Å²) in [6.07, 6.45) is 1.88. The Bertz CT molecular complexity index is 378. The van der Waals surface area contributed by atoms with Crippen LogP contribution in [0.2, 0.25) is 0 Å². The van der Waals surface area contributed by atoms with Gasteiger partial charge in [0.2, 0.25) is 6.08 Å². The van der Waals surface area contributed by atoms with Crippen molar-refractivity contribution < 1.29 is 13.6 Å². The summed E-state index contributed by atoms with van der Waals surface area (Å²) in [6, 6.07) is 6.12. The van der Waals surface area contributed by atoms with Crippen molar-refractivity contribution in [1.29, 1.82) is 0 Å². The second-order valence-corrected chi connectivity index (χ2v) is 3.31. The van der Waals surface area contributed by atoms with Crippen molar-refractivity contribution in [3.05, 3.63) is 35.4 Å². The van der Waals surface area contributed by atoms with Gasteiger partial charge in [0.05, 0.1) is 6.54 Å². The molecule has 0 saturated carbocycles. The predicted octanol–water partition coefficient (Wildman–Crippen LogP) is 2.68. The molecule has 0 heterocycles. The fraction of sp³-hybridized carbons (Fsp3) is 0.364. The molecule has 0 N–H and O–H groups in total. The number of aliphatic imine (C=N–C) groups is 1. The van der Waals surface area contributed by atoms with E-state index in [0.717, 1.165) is 12.5 Å². The van der Waals surface area contributed by atoms with E-state index in [1.165, 1.54) is 18.2 Å². The molecule has 0 radical (unpaired) electrons. The van der Waals surface area contributed by atoms with Gasteiger partial charge in [0.25, 0.3) is 5.92 Å². The Balaban J connectivity index is 2.79. The van der Waals surface area contributed by atoms with E-state index in [1.54, 1.807) is 12.1 Å².